The van der Waals surface area contributed by atoms with Crippen molar-refractivity contribution < 1.29 is 23.3 Å². The number of hydrogen-bond donors (Lipinski definition) is 1. The molecule has 1 N–H and O–H groups in total. The van der Waals surface area contributed by atoms with Gasteiger partial charge in [-0.3, -0.25) is 13.8 Å². The maximum absolute atomic E-state index is 12.1. The number of anilines is 1. The quantitative estimate of drug-likeness (QED) is 0.763. The van der Waals surface area contributed by atoms with Gasteiger partial charge in [0.2, 0.25) is 0 Å². The van der Waals surface area contributed by atoms with Crippen LogP contribution >= 0.6 is 0 Å². The monoisotopic (exact) mass is 388 g/mol. The number of rotatable bonds is 6. The smallest absolute Gasteiger partial charge is 0.339 e. The van der Waals surface area contributed by atoms with Crippen LogP contribution in [-0.2, 0) is 20.3 Å². The van der Waals surface area contributed by atoms with Crippen molar-refractivity contribution in [2.24, 2.45) is 0 Å². The Balaban J connectivity index is 1.94. The fraction of sp³-hybridized carbons (Fsp3) is 0.211. The van der Waals surface area contributed by atoms with Crippen LogP contribution in [0.2, 0.25) is 0 Å². The molecule has 0 unspecified atom stereocenters. The van der Waals surface area contributed by atoms with Crippen molar-refractivity contribution >= 4 is 34.3 Å². The van der Waals surface area contributed by atoms with Crippen LogP contribution < -0.4 is 5.32 Å². The lowest BCUT2D eigenvalue weighted by Crippen LogP contribution is -2.22. The summed E-state index contributed by atoms with van der Waals surface area (Å²) in [5.41, 5.74) is 1.13. The first kappa shape index (κ1) is 20.3. The van der Waals surface area contributed by atoms with E-state index in [1.165, 1.54) is 17.2 Å². The summed E-state index contributed by atoms with van der Waals surface area (Å²) < 4.78 is 16.7. The number of nitrogens with zero attached hydrogens (tertiary/aromatic N) is 1. The lowest BCUT2D eigenvalue weighted by atomic mass is 10.2. The first-order chi connectivity index (χ1) is 12.8. The second-order valence-electron chi connectivity index (χ2n) is 5.85. The van der Waals surface area contributed by atoms with Crippen molar-refractivity contribution in [3.05, 3.63) is 59.7 Å². The summed E-state index contributed by atoms with van der Waals surface area (Å²) in [6.45, 7) is -0.484. The van der Waals surface area contributed by atoms with Gasteiger partial charge in [0.15, 0.2) is 6.61 Å². The molecule has 0 bridgehead atoms. The minimum absolute atomic E-state index is 0.145. The van der Waals surface area contributed by atoms with E-state index in [0.29, 0.717) is 16.1 Å². The van der Waals surface area contributed by atoms with Gasteiger partial charge < -0.3 is 15.0 Å². The second kappa shape index (κ2) is 9.09. The molecule has 2 rings (SSSR count). The van der Waals surface area contributed by atoms with E-state index in [1.54, 1.807) is 56.6 Å². The molecule has 2 amide bonds. The van der Waals surface area contributed by atoms with Crippen LogP contribution in [0, 0.1) is 0 Å². The zero-order chi connectivity index (χ0) is 20.0. The molecule has 0 fully saturated rings. The molecule has 0 aromatic heterocycles. The maximum atomic E-state index is 12.1. The predicted octanol–water partition coefficient (Wildman–Crippen LogP) is 1.92. The summed E-state index contributed by atoms with van der Waals surface area (Å²) >= 11 is 0. The van der Waals surface area contributed by atoms with Gasteiger partial charge in [0.05, 0.1) is 21.3 Å². The molecule has 8 heteroatoms. The van der Waals surface area contributed by atoms with Crippen LogP contribution in [0.5, 0.6) is 0 Å². The average molecular weight is 388 g/mol. The second-order valence-corrected chi connectivity index (χ2v) is 7.20. The van der Waals surface area contributed by atoms with Crippen molar-refractivity contribution in [2.75, 3.05) is 32.3 Å². The van der Waals surface area contributed by atoms with E-state index in [4.69, 9.17) is 4.74 Å². The molecule has 142 valence electrons. The van der Waals surface area contributed by atoms with Crippen LogP contribution in [-0.4, -0.2) is 53.9 Å². The molecule has 0 aliphatic carbocycles. The van der Waals surface area contributed by atoms with E-state index in [1.807, 2.05) is 0 Å². The Labute approximate surface area is 159 Å². The minimum atomic E-state index is -1.35. The molecule has 0 radical (unpaired) electrons. The Hall–Kier alpha value is -3.00. The summed E-state index contributed by atoms with van der Waals surface area (Å²) in [4.78, 5) is 37.7. The van der Waals surface area contributed by atoms with Gasteiger partial charge in [-0.15, -0.1) is 0 Å². The number of amides is 2. The molecular formula is C19H20N2O5S. The van der Waals surface area contributed by atoms with Gasteiger partial charge in [-0.25, -0.2) is 4.79 Å². The zero-order valence-electron chi connectivity index (χ0n) is 15.2. The van der Waals surface area contributed by atoms with Gasteiger partial charge in [0.1, 0.15) is 0 Å². The lowest BCUT2D eigenvalue weighted by Gasteiger charge is -2.11. The third-order valence-electron chi connectivity index (χ3n) is 3.57. The number of esters is 1. The number of nitrogens with one attached hydrogen (secondary N) is 1. The third kappa shape index (κ3) is 5.49. The number of benzene rings is 2. The third-order valence-corrected chi connectivity index (χ3v) is 4.55. The number of carbonyl (C=O) groups excluding carboxylic acids is 3. The topological polar surface area (TPSA) is 92.8 Å². The minimum Gasteiger partial charge on any atom is -0.452 e. The van der Waals surface area contributed by atoms with Gasteiger partial charge in [-0.05, 0) is 36.4 Å². The van der Waals surface area contributed by atoms with Crippen molar-refractivity contribution in [2.45, 2.75) is 4.90 Å². The largest absolute Gasteiger partial charge is 0.452 e. The number of carbonyl (C=O) groups is 3. The summed E-state index contributed by atoms with van der Waals surface area (Å²) in [5, 5.41) is 2.58. The molecule has 7 nitrogen and oxygen atoms in total. The molecule has 0 spiro atoms. The first-order valence-electron chi connectivity index (χ1n) is 8.00. The fourth-order valence-electron chi connectivity index (χ4n) is 2.25. The number of hydrogen-bond acceptors (Lipinski definition) is 5. The van der Waals surface area contributed by atoms with E-state index in [-0.39, 0.29) is 11.5 Å². The predicted molar refractivity (Wildman–Crippen MR) is 102 cm³/mol. The lowest BCUT2D eigenvalue weighted by molar-refractivity contribution is -0.119. The first-order valence-corrected chi connectivity index (χ1v) is 9.56. The van der Waals surface area contributed by atoms with E-state index in [9.17, 15) is 18.6 Å². The molecular weight excluding hydrogens is 368 g/mol. The fourth-order valence-corrected chi connectivity index (χ4v) is 2.98. The van der Waals surface area contributed by atoms with Gasteiger partial charge in [0, 0.05) is 31.6 Å². The van der Waals surface area contributed by atoms with Crippen LogP contribution in [0.3, 0.4) is 0 Å². The molecule has 27 heavy (non-hydrogen) atoms. The number of ether oxygens (including phenoxy) is 1. The summed E-state index contributed by atoms with van der Waals surface area (Å²) in [7, 11) is 1.95. The normalized spacial score (nSPS) is 11.4. The maximum Gasteiger partial charge on any atom is 0.339 e. The van der Waals surface area contributed by atoms with Crippen molar-refractivity contribution in [3.63, 3.8) is 0 Å². The van der Waals surface area contributed by atoms with Gasteiger partial charge >= 0.3 is 5.97 Å². The summed E-state index contributed by atoms with van der Waals surface area (Å²) in [6, 6.07) is 12.7. The van der Waals surface area contributed by atoms with Crippen LogP contribution in [0.4, 0.5) is 5.69 Å². The highest BCUT2D eigenvalue weighted by atomic mass is 32.2. The van der Waals surface area contributed by atoms with E-state index in [0.717, 1.165) is 0 Å². The highest BCUT2D eigenvalue weighted by molar-refractivity contribution is 7.84. The molecule has 0 saturated heterocycles. The highest BCUT2D eigenvalue weighted by Crippen LogP contribution is 2.14. The van der Waals surface area contributed by atoms with E-state index >= 15 is 0 Å². The molecule has 0 aliphatic rings. The molecule has 0 heterocycles. The molecule has 2 aromatic carbocycles. The van der Waals surface area contributed by atoms with Crippen LogP contribution in [0.15, 0.2) is 53.4 Å². The Morgan fingerprint density at radius 3 is 2.26 bits per heavy atom. The summed E-state index contributed by atoms with van der Waals surface area (Å²) in [6.07, 6.45) is 1.46. The molecule has 0 aliphatic heterocycles. The Kier molecular flexibility index (Phi) is 6.84. The van der Waals surface area contributed by atoms with E-state index < -0.39 is 29.3 Å². The Morgan fingerprint density at radius 2 is 1.67 bits per heavy atom. The van der Waals surface area contributed by atoms with Gasteiger partial charge in [0.25, 0.3) is 11.8 Å². The van der Waals surface area contributed by atoms with Crippen LogP contribution in [0.25, 0.3) is 0 Å². The molecule has 2 aromatic rings. The standard InChI is InChI=1S/C19H20N2O5S/c1-21(2)18(23)13-8-10-14(11-9-13)20-17(22)12-26-19(24)15-6-4-5-7-16(15)27(3)25/h4-11H,12H2,1-3H3,(H,20,22)/t27-/m1/s1. The van der Waals surface area contributed by atoms with Crippen molar-refractivity contribution in [1.29, 1.82) is 0 Å². The molecule has 1 atom stereocenters. The van der Waals surface area contributed by atoms with E-state index in [2.05, 4.69) is 5.32 Å². The average Bonchev–Trinajstić information content (AvgIpc) is 2.66. The Bertz CT molecular complexity index is 878. The summed E-state index contributed by atoms with van der Waals surface area (Å²) in [5.74, 6) is -1.39. The highest BCUT2D eigenvalue weighted by Gasteiger charge is 2.16. The SMILES string of the molecule is CN(C)C(=O)c1ccc(NC(=O)COC(=O)c2ccccc2[S@@](C)=O)cc1. The Morgan fingerprint density at radius 1 is 1.04 bits per heavy atom. The van der Waals surface area contributed by atoms with Gasteiger partial charge in [-0.2, -0.15) is 0 Å². The van der Waals surface area contributed by atoms with Crippen molar-refractivity contribution in [3.8, 4) is 0 Å². The van der Waals surface area contributed by atoms with Crippen molar-refractivity contribution in [1.82, 2.24) is 4.90 Å². The van der Waals surface area contributed by atoms with Crippen LogP contribution in [0.1, 0.15) is 20.7 Å². The van der Waals surface area contributed by atoms with Gasteiger partial charge in [-0.1, -0.05) is 12.1 Å². The zero-order valence-corrected chi connectivity index (χ0v) is 16.0. The molecule has 0 saturated carbocycles.